The zero-order valence-corrected chi connectivity index (χ0v) is 10.8. The van der Waals surface area contributed by atoms with E-state index in [0.717, 1.165) is 5.56 Å². The molecule has 17 heavy (non-hydrogen) atoms. The molecule has 1 aromatic carbocycles. The average molecular weight is 256 g/mol. The molecular formula is C11H18ClN5. The number of alkyl halides is 1. The minimum Gasteiger partial charge on any atom is -0.370 e. The van der Waals surface area contributed by atoms with Crippen LogP contribution < -0.4 is 16.8 Å². The van der Waals surface area contributed by atoms with Crippen molar-refractivity contribution in [2.45, 2.75) is 6.54 Å². The Balaban J connectivity index is 0.00000121. The van der Waals surface area contributed by atoms with Gasteiger partial charge in [0.15, 0.2) is 5.96 Å². The lowest BCUT2D eigenvalue weighted by Gasteiger charge is -2.05. The molecule has 5 N–H and O–H groups in total. The van der Waals surface area contributed by atoms with E-state index in [1.807, 2.05) is 30.3 Å². The fraction of sp³-hybridized carbons (Fsp3) is 0.273. The number of aliphatic imine (C=N–C) groups is 2. The Morgan fingerprint density at radius 3 is 2.29 bits per heavy atom. The predicted octanol–water partition coefficient (Wildman–Crippen LogP) is 0.890. The fourth-order valence-corrected chi connectivity index (χ4v) is 1.07. The van der Waals surface area contributed by atoms with Gasteiger partial charge in [-0.15, -0.1) is 11.6 Å². The summed E-state index contributed by atoms with van der Waals surface area (Å²) in [4.78, 5) is 7.72. The molecule has 0 amide bonds. The van der Waals surface area contributed by atoms with Gasteiger partial charge >= 0.3 is 0 Å². The summed E-state index contributed by atoms with van der Waals surface area (Å²) in [6.07, 6.45) is 1.47. The monoisotopic (exact) mass is 255 g/mol. The summed E-state index contributed by atoms with van der Waals surface area (Å²) in [5, 5.41) is 3.02. The number of nitrogens with zero attached hydrogens (tertiary/aromatic N) is 2. The van der Waals surface area contributed by atoms with Crippen molar-refractivity contribution in [3.8, 4) is 0 Å². The molecule has 0 bridgehead atoms. The normalized spacial score (nSPS) is 9.94. The Hall–Kier alpha value is -1.75. The van der Waals surface area contributed by atoms with E-state index in [1.54, 1.807) is 7.05 Å². The maximum atomic E-state index is 5.24. The number of guanidine groups is 2. The zero-order chi connectivity index (χ0) is 13.1. The molecule has 1 rings (SSSR count). The highest BCUT2D eigenvalue weighted by molar-refractivity contribution is 6.15. The van der Waals surface area contributed by atoms with E-state index >= 15 is 0 Å². The molecule has 1 aromatic rings. The molecule has 0 saturated heterocycles. The number of hydrogen-bond acceptors (Lipinski definition) is 1. The van der Waals surface area contributed by atoms with Crippen molar-refractivity contribution >= 4 is 23.5 Å². The van der Waals surface area contributed by atoms with Crippen LogP contribution in [0.15, 0.2) is 40.3 Å². The number of nitrogens with two attached hydrogens (primary N) is 2. The van der Waals surface area contributed by atoms with Gasteiger partial charge in [-0.05, 0) is 5.56 Å². The van der Waals surface area contributed by atoms with Gasteiger partial charge in [0.2, 0.25) is 5.96 Å². The van der Waals surface area contributed by atoms with Crippen LogP contribution in [0.2, 0.25) is 0 Å². The number of rotatable bonds is 2. The van der Waals surface area contributed by atoms with Crippen molar-refractivity contribution in [1.29, 1.82) is 0 Å². The van der Waals surface area contributed by atoms with E-state index in [-0.39, 0.29) is 5.96 Å². The third-order valence-corrected chi connectivity index (χ3v) is 1.74. The summed E-state index contributed by atoms with van der Waals surface area (Å²) < 4.78 is 0. The maximum Gasteiger partial charge on any atom is 0.221 e. The van der Waals surface area contributed by atoms with E-state index < -0.39 is 0 Å². The first-order valence-electron chi connectivity index (χ1n) is 4.94. The van der Waals surface area contributed by atoms with Gasteiger partial charge in [0.1, 0.15) is 0 Å². The van der Waals surface area contributed by atoms with Crippen LogP contribution in [-0.4, -0.2) is 25.3 Å². The quantitative estimate of drug-likeness (QED) is 0.417. The molecule has 94 valence electrons. The van der Waals surface area contributed by atoms with Crippen LogP contribution in [-0.2, 0) is 6.54 Å². The van der Waals surface area contributed by atoms with Gasteiger partial charge in [-0.3, -0.25) is 4.99 Å². The predicted molar refractivity (Wildman–Crippen MR) is 74.2 cm³/mol. The van der Waals surface area contributed by atoms with Gasteiger partial charge in [-0.1, -0.05) is 30.3 Å². The Bertz CT molecular complexity index is 357. The van der Waals surface area contributed by atoms with E-state index in [9.17, 15) is 0 Å². The first-order chi connectivity index (χ1) is 8.22. The molecule has 0 unspecified atom stereocenters. The second-order valence-electron chi connectivity index (χ2n) is 2.92. The summed E-state index contributed by atoms with van der Waals surface area (Å²) in [6.45, 7) is 0.643. The lowest BCUT2D eigenvalue weighted by Crippen LogP contribution is -2.29. The van der Waals surface area contributed by atoms with Gasteiger partial charge in [-0.2, -0.15) is 4.99 Å². The average Bonchev–Trinajstić information content (AvgIpc) is 2.37. The van der Waals surface area contributed by atoms with Crippen LogP contribution in [0, 0.1) is 0 Å². The van der Waals surface area contributed by atoms with Crippen LogP contribution >= 0.6 is 11.6 Å². The molecule has 0 aliphatic rings. The van der Waals surface area contributed by atoms with E-state index in [1.165, 1.54) is 6.38 Å². The zero-order valence-electron chi connectivity index (χ0n) is 10.0. The van der Waals surface area contributed by atoms with Crippen molar-refractivity contribution < 1.29 is 0 Å². The molecule has 0 saturated carbocycles. The second kappa shape index (κ2) is 9.47. The topological polar surface area (TPSA) is 88.8 Å². The van der Waals surface area contributed by atoms with E-state index in [2.05, 4.69) is 26.9 Å². The molecule has 0 fully saturated rings. The second-order valence-corrected chi connectivity index (χ2v) is 2.92. The SMILES string of the molecule is CCl.CN=C(N=C(N)N)NCc1ccccc1. The van der Waals surface area contributed by atoms with Gasteiger partial charge in [-0.25, -0.2) is 0 Å². The van der Waals surface area contributed by atoms with Crippen LogP contribution in [0.5, 0.6) is 0 Å². The summed E-state index contributed by atoms with van der Waals surface area (Å²) in [7, 11) is 1.62. The third kappa shape index (κ3) is 7.19. The van der Waals surface area contributed by atoms with Gasteiger partial charge in [0.05, 0.1) is 0 Å². The first-order valence-corrected chi connectivity index (χ1v) is 5.70. The van der Waals surface area contributed by atoms with Gasteiger partial charge in [0, 0.05) is 20.0 Å². The lowest BCUT2D eigenvalue weighted by atomic mass is 10.2. The third-order valence-electron chi connectivity index (χ3n) is 1.74. The number of benzene rings is 1. The van der Waals surface area contributed by atoms with E-state index in [4.69, 9.17) is 11.5 Å². The smallest absolute Gasteiger partial charge is 0.221 e. The maximum absolute atomic E-state index is 5.24. The molecule has 0 heterocycles. The number of halogens is 1. The molecular weight excluding hydrogens is 238 g/mol. The molecule has 0 spiro atoms. The van der Waals surface area contributed by atoms with Crippen molar-refractivity contribution in [2.24, 2.45) is 21.5 Å². The van der Waals surface area contributed by atoms with Gasteiger partial charge in [0.25, 0.3) is 0 Å². The highest BCUT2D eigenvalue weighted by Gasteiger charge is 1.95. The molecule has 5 nitrogen and oxygen atoms in total. The van der Waals surface area contributed by atoms with Crippen molar-refractivity contribution in [3.63, 3.8) is 0 Å². The molecule has 0 radical (unpaired) electrons. The molecule has 0 atom stereocenters. The first kappa shape index (κ1) is 15.2. The van der Waals surface area contributed by atoms with Crippen molar-refractivity contribution in [2.75, 3.05) is 13.4 Å². The highest BCUT2D eigenvalue weighted by atomic mass is 35.5. The number of hydrogen-bond donors (Lipinski definition) is 3. The van der Waals surface area contributed by atoms with Crippen LogP contribution in [0.1, 0.15) is 5.56 Å². The number of nitrogens with one attached hydrogen (secondary N) is 1. The highest BCUT2D eigenvalue weighted by Crippen LogP contribution is 1.97. The van der Waals surface area contributed by atoms with Crippen LogP contribution in [0.4, 0.5) is 0 Å². The fourth-order valence-electron chi connectivity index (χ4n) is 1.07. The summed E-state index contributed by atoms with van der Waals surface area (Å²) in [5.41, 5.74) is 11.6. The molecule has 0 aromatic heterocycles. The van der Waals surface area contributed by atoms with E-state index in [0.29, 0.717) is 12.5 Å². The minimum absolute atomic E-state index is 0.00355. The van der Waals surface area contributed by atoms with Crippen molar-refractivity contribution in [3.05, 3.63) is 35.9 Å². The Labute approximate surface area is 107 Å². The Kier molecular flexibility index (Phi) is 8.50. The Morgan fingerprint density at radius 2 is 1.82 bits per heavy atom. The molecule has 0 aliphatic heterocycles. The standard InChI is InChI=1S/C10H15N5.CH3Cl/c1-13-10(15-9(11)12)14-7-8-5-3-2-4-6-8;1-2/h2-6H,7H2,1H3,(H5,11,12,13,14,15);1H3. The largest absolute Gasteiger partial charge is 0.370 e. The summed E-state index contributed by atoms with van der Waals surface area (Å²) in [6, 6.07) is 9.93. The minimum atomic E-state index is -0.00355. The molecule has 0 aliphatic carbocycles. The molecule has 6 heteroatoms. The van der Waals surface area contributed by atoms with Crippen molar-refractivity contribution in [1.82, 2.24) is 5.32 Å². The summed E-state index contributed by atoms with van der Waals surface area (Å²) >= 11 is 4.64. The van der Waals surface area contributed by atoms with Gasteiger partial charge < -0.3 is 16.8 Å². The van der Waals surface area contributed by atoms with Crippen LogP contribution in [0.3, 0.4) is 0 Å². The Morgan fingerprint density at radius 1 is 1.24 bits per heavy atom. The lowest BCUT2D eigenvalue weighted by molar-refractivity contribution is 0.900. The summed E-state index contributed by atoms with van der Waals surface area (Å²) in [5.74, 6) is 0.426. The van der Waals surface area contributed by atoms with Crippen LogP contribution in [0.25, 0.3) is 0 Å².